The monoisotopic (exact) mass is 526 g/mol. The number of rotatable bonds is 7. The maximum atomic E-state index is 12.4. The van der Waals surface area contributed by atoms with E-state index in [1.165, 1.54) is 12.4 Å². The summed E-state index contributed by atoms with van der Waals surface area (Å²) in [5.41, 5.74) is 4.98. The van der Waals surface area contributed by atoms with Crippen LogP contribution in [0, 0.1) is 0 Å². The first-order chi connectivity index (χ1) is 18.8. The molecule has 0 saturated carbocycles. The Morgan fingerprint density at radius 2 is 1.85 bits per heavy atom. The zero-order chi connectivity index (χ0) is 27.7. The molecule has 1 fully saturated rings. The van der Waals surface area contributed by atoms with Gasteiger partial charge in [0, 0.05) is 55.3 Å². The second kappa shape index (κ2) is 10.7. The molecule has 0 spiro atoms. The topological polar surface area (TPSA) is 100 Å². The Labute approximate surface area is 228 Å². The number of amides is 1. The number of hydrogen-bond donors (Lipinski definition) is 2. The summed E-state index contributed by atoms with van der Waals surface area (Å²) in [4.78, 5) is 26.0. The molecule has 1 saturated heterocycles. The number of nitrogens with one attached hydrogen (secondary N) is 2. The van der Waals surface area contributed by atoms with Gasteiger partial charge in [0.1, 0.15) is 17.9 Å². The Morgan fingerprint density at radius 1 is 1.08 bits per heavy atom. The Bertz CT molecular complexity index is 1520. The van der Waals surface area contributed by atoms with Crippen molar-refractivity contribution in [3.8, 4) is 17.0 Å². The molecule has 0 aliphatic carbocycles. The van der Waals surface area contributed by atoms with Crippen LogP contribution in [0.2, 0.25) is 0 Å². The molecule has 4 aromatic rings. The number of likely N-dealkylation sites (N-methyl/N-ethyl adjacent to an activating group) is 1. The van der Waals surface area contributed by atoms with Gasteiger partial charge in [0.05, 0.1) is 41.6 Å². The molecule has 2 atom stereocenters. The van der Waals surface area contributed by atoms with Gasteiger partial charge in [0.2, 0.25) is 5.91 Å². The highest BCUT2D eigenvalue weighted by molar-refractivity contribution is 6.02. The molecule has 39 heavy (non-hydrogen) atoms. The quantitative estimate of drug-likeness (QED) is 0.341. The van der Waals surface area contributed by atoms with E-state index in [2.05, 4.69) is 69.0 Å². The first-order valence-electron chi connectivity index (χ1n) is 12.9. The van der Waals surface area contributed by atoms with Gasteiger partial charge >= 0.3 is 0 Å². The van der Waals surface area contributed by atoms with E-state index in [0.717, 1.165) is 40.9 Å². The van der Waals surface area contributed by atoms with E-state index in [-0.39, 0.29) is 5.91 Å². The summed E-state index contributed by atoms with van der Waals surface area (Å²) in [5.74, 6) is 0.953. The van der Waals surface area contributed by atoms with E-state index < -0.39 is 0 Å². The minimum Gasteiger partial charge on any atom is -0.494 e. The molecule has 202 valence electrons. The molecule has 10 nitrogen and oxygen atoms in total. The van der Waals surface area contributed by atoms with Crippen molar-refractivity contribution in [2.75, 3.05) is 42.8 Å². The standard InChI is InChI=1S/C29H34N8O2/c1-7-29(38)34-23-11-24(27(39-6)13-26(23)37-15-18(2)35(4)19(3)16-37)33-28-12-22(30-17-31-28)20-8-9-21-14-32-36(5)25(21)10-20/h7-14,17-19H,1,15-16H2,2-6H3,(H,34,38)(H,30,31,33)/t18-,19+. The van der Waals surface area contributed by atoms with Gasteiger partial charge in [0.15, 0.2) is 0 Å². The highest BCUT2D eigenvalue weighted by atomic mass is 16.5. The number of aryl methyl sites for hydroxylation is 1. The fourth-order valence-corrected chi connectivity index (χ4v) is 5.01. The first kappa shape index (κ1) is 26.2. The van der Waals surface area contributed by atoms with Crippen molar-refractivity contribution in [1.29, 1.82) is 0 Å². The number of benzene rings is 2. The molecule has 0 bridgehead atoms. The van der Waals surface area contributed by atoms with Gasteiger partial charge in [0.25, 0.3) is 0 Å². The van der Waals surface area contributed by atoms with Crippen LogP contribution in [0.5, 0.6) is 5.75 Å². The minimum atomic E-state index is -0.280. The molecular weight excluding hydrogens is 492 g/mol. The summed E-state index contributed by atoms with van der Waals surface area (Å²) in [6.07, 6.45) is 4.64. The number of piperazine rings is 1. The average molecular weight is 527 g/mol. The van der Waals surface area contributed by atoms with Crippen molar-refractivity contribution in [3.63, 3.8) is 0 Å². The first-order valence-corrected chi connectivity index (χ1v) is 12.9. The third-order valence-corrected chi connectivity index (χ3v) is 7.44. The van der Waals surface area contributed by atoms with E-state index in [9.17, 15) is 4.79 Å². The van der Waals surface area contributed by atoms with Crippen molar-refractivity contribution in [2.24, 2.45) is 7.05 Å². The molecule has 0 radical (unpaired) electrons. The number of methoxy groups -OCH3 is 1. The van der Waals surface area contributed by atoms with E-state index >= 15 is 0 Å². The number of carbonyl (C=O) groups is 1. The summed E-state index contributed by atoms with van der Waals surface area (Å²) in [7, 11) is 5.70. The lowest BCUT2D eigenvalue weighted by atomic mass is 10.1. The lowest BCUT2D eigenvalue weighted by Gasteiger charge is -2.44. The zero-order valence-corrected chi connectivity index (χ0v) is 23.0. The third kappa shape index (κ3) is 5.28. The molecule has 0 unspecified atom stereocenters. The SMILES string of the molecule is C=CC(=O)Nc1cc(Nc2cc(-c3ccc4cnn(C)c4c3)ncn2)c(OC)cc1N1C[C@@H](C)N(C)[C@@H](C)C1. The van der Waals surface area contributed by atoms with Crippen LogP contribution < -0.4 is 20.3 Å². The van der Waals surface area contributed by atoms with Gasteiger partial charge in [-0.3, -0.25) is 14.4 Å². The fraction of sp³-hybridized carbons (Fsp3) is 0.310. The molecule has 1 aliphatic heterocycles. The number of ether oxygens (including phenoxy) is 1. The molecule has 2 N–H and O–H groups in total. The van der Waals surface area contributed by atoms with Crippen LogP contribution in [-0.2, 0) is 11.8 Å². The lowest BCUT2D eigenvalue weighted by Crippen LogP contribution is -2.55. The van der Waals surface area contributed by atoms with Crippen LogP contribution in [-0.4, -0.2) is 69.9 Å². The number of hydrogen-bond acceptors (Lipinski definition) is 8. The summed E-state index contributed by atoms with van der Waals surface area (Å²) >= 11 is 0. The number of aromatic nitrogens is 4. The Balaban J connectivity index is 1.50. The molecule has 2 aromatic heterocycles. The van der Waals surface area contributed by atoms with Gasteiger partial charge in [-0.15, -0.1) is 0 Å². The van der Waals surface area contributed by atoms with Crippen LogP contribution in [0.3, 0.4) is 0 Å². The maximum Gasteiger partial charge on any atom is 0.247 e. The predicted molar refractivity (Wildman–Crippen MR) is 156 cm³/mol. The van der Waals surface area contributed by atoms with Gasteiger partial charge in [-0.05, 0) is 39.1 Å². The summed E-state index contributed by atoms with van der Waals surface area (Å²) in [5, 5.41) is 11.7. The Morgan fingerprint density at radius 3 is 2.56 bits per heavy atom. The second-order valence-electron chi connectivity index (χ2n) is 9.99. The van der Waals surface area contributed by atoms with Gasteiger partial charge in [-0.1, -0.05) is 18.7 Å². The molecule has 1 aliphatic rings. The van der Waals surface area contributed by atoms with Crippen LogP contribution in [0.15, 0.2) is 61.6 Å². The van der Waals surface area contributed by atoms with E-state index in [1.807, 2.05) is 48.3 Å². The summed E-state index contributed by atoms with van der Waals surface area (Å²) in [6.45, 7) is 9.68. The van der Waals surface area contributed by atoms with Gasteiger partial charge in [-0.25, -0.2) is 9.97 Å². The van der Waals surface area contributed by atoms with E-state index in [4.69, 9.17) is 4.74 Å². The molecule has 10 heteroatoms. The smallest absolute Gasteiger partial charge is 0.247 e. The number of fused-ring (bicyclic) bond motifs is 1. The zero-order valence-electron chi connectivity index (χ0n) is 23.0. The number of carbonyl (C=O) groups excluding carboxylic acids is 1. The van der Waals surface area contributed by atoms with Crippen molar-refractivity contribution in [3.05, 3.63) is 61.6 Å². The average Bonchev–Trinajstić information content (AvgIpc) is 3.31. The van der Waals surface area contributed by atoms with Crippen molar-refractivity contribution >= 4 is 39.7 Å². The predicted octanol–water partition coefficient (Wildman–Crippen LogP) is 4.44. The van der Waals surface area contributed by atoms with Crippen molar-refractivity contribution in [1.82, 2.24) is 24.6 Å². The van der Waals surface area contributed by atoms with Crippen LogP contribution in [0.1, 0.15) is 13.8 Å². The minimum absolute atomic E-state index is 0.280. The molecule has 5 rings (SSSR count). The maximum absolute atomic E-state index is 12.4. The molecule has 2 aromatic carbocycles. The molecule has 3 heterocycles. The molecular formula is C29H34N8O2. The van der Waals surface area contributed by atoms with Gasteiger partial charge < -0.3 is 20.3 Å². The largest absolute Gasteiger partial charge is 0.494 e. The number of anilines is 4. The Hall–Kier alpha value is -4.44. The summed E-state index contributed by atoms with van der Waals surface area (Å²) in [6, 6.07) is 12.5. The highest BCUT2D eigenvalue weighted by Gasteiger charge is 2.29. The van der Waals surface area contributed by atoms with Crippen LogP contribution in [0.25, 0.3) is 22.2 Å². The third-order valence-electron chi connectivity index (χ3n) is 7.44. The fourth-order valence-electron chi connectivity index (χ4n) is 5.01. The van der Waals surface area contributed by atoms with Gasteiger partial charge in [-0.2, -0.15) is 5.10 Å². The lowest BCUT2D eigenvalue weighted by molar-refractivity contribution is -0.111. The second-order valence-corrected chi connectivity index (χ2v) is 9.99. The highest BCUT2D eigenvalue weighted by Crippen LogP contribution is 2.39. The van der Waals surface area contributed by atoms with Crippen LogP contribution in [0.4, 0.5) is 22.9 Å². The van der Waals surface area contributed by atoms with E-state index in [0.29, 0.717) is 35.0 Å². The van der Waals surface area contributed by atoms with E-state index in [1.54, 1.807) is 7.11 Å². The van der Waals surface area contributed by atoms with Crippen LogP contribution >= 0.6 is 0 Å². The van der Waals surface area contributed by atoms with Crippen molar-refractivity contribution < 1.29 is 9.53 Å². The normalized spacial score (nSPS) is 17.7. The summed E-state index contributed by atoms with van der Waals surface area (Å²) < 4.78 is 7.63. The van der Waals surface area contributed by atoms with Crippen molar-refractivity contribution in [2.45, 2.75) is 25.9 Å². The molecule has 1 amide bonds. The Kier molecular flexibility index (Phi) is 7.21. The number of nitrogens with zero attached hydrogens (tertiary/aromatic N) is 6.